The number of hydrogen-bond donors (Lipinski definition) is 1. The Morgan fingerprint density at radius 1 is 1.12 bits per heavy atom. The SMILES string of the molecule is CC(=O)NC(CC(=O)OCc1nc2ccccc2s1)c1ccccc1. The van der Waals surface area contributed by atoms with E-state index in [1.807, 2.05) is 54.6 Å². The van der Waals surface area contributed by atoms with Crippen LogP contribution in [0.4, 0.5) is 0 Å². The Morgan fingerprint density at radius 2 is 1.84 bits per heavy atom. The fraction of sp³-hybridized carbons (Fsp3) is 0.211. The number of carbonyl (C=O) groups excluding carboxylic acids is 2. The van der Waals surface area contributed by atoms with Gasteiger partial charge in [0.1, 0.15) is 11.6 Å². The molecular weight excluding hydrogens is 336 g/mol. The standard InChI is InChI=1S/C19H18N2O3S/c1-13(22)20-16(14-7-3-2-4-8-14)11-19(23)24-12-18-21-15-9-5-6-10-17(15)25-18/h2-10,16H,11-12H2,1H3,(H,20,22). The number of nitrogens with one attached hydrogen (secondary N) is 1. The lowest BCUT2D eigenvalue weighted by Crippen LogP contribution is -2.28. The van der Waals surface area contributed by atoms with Crippen LogP contribution >= 0.6 is 11.3 Å². The summed E-state index contributed by atoms with van der Waals surface area (Å²) in [7, 11) is 0. The van der Waals surface area contributed by atoms with E-state index in [-0.39, 0.29) is 24.9 Å². The molecule has 1 heterocycles. The summed E-state index contributed by atoms with van der Waals surface area (Å²) in [6.45, 7) is 1.57. The van der Waals surface area contributed by atoms with E-state index in [4.69, 9.17) is 4.74 Å². The molecule has 0 aliphatic heterocycles. The van der Waals surface area contributed by atoms with Gasteiger partial charge in [-0.05, 0) is 17.7 Å². The molecule has 1 unspecified atom stereocenters. The maximum absolute atomic E-state index is 12.2. The van der Waals surface area contributed by atoms with E-state index in [0.717, 1.165) is 20.8 Å². The topological polar surface area (TPSA) is 68.3 Å². The predicted octanol–water partition coefficient (Wildman–Crippen LogP) is 3.61. The summed E-state index contributed by atoms with van der Waals surface area (Å²) in [4.78, 5) is 28.1. The third-order valence-corrected chi connectivity index (χ3v) is 4.65. The molecule has 0 saturated heterocycles. The molecule has 1 N–H and O–H groups in total. The van der Waals surface area contributed by atoms with Crippen molar-refractivity contribution < 1.29 is 14.3 Å². The lowest BCUT2D eigenvalue weighted by molar-refractivity contribution is -0.145. The maximum Gasteiger partial charge on any atom is 0.308 e. The molecule has 3 rings (SSSR count). The van der Waals surface area contributed by atoms with Crippen molar-refractivity contribution in [3.63, 3.8) is 0 Å². The fourth-order valence-corrected chi connectivity index (χ4v) is 3.41. The van der Waals surface area contributed by atoms with Crippen LogP contribution in [0.5, 0.6) is 0 Å². The molecule has 128 valence electrons. The van der Waals surface area contributed by atoms with E-state index in [2.05, 4.69) is 10.3 Å². The zero-order valence-corrected chi connectivity index (χ0v) is 14.6. The van der Waals surface area contributed by atoms with E-state index >= 15 is 0 Å². The molecule has 3 aromatic rings. The Labute approximate surface area is 149 Å². The average molecular weight is 354 g/mol. The van der Waals surface area contributed by atoms with Crippen LogP contribution in [0.25, 0.3) is 10.2 Å². The van der Waals surface area contributed by atoms with Crippen LogP contribution in [0, 0.1) is 0 Å². The molecule has 0 aliphatic rings. The number of amides is 1. The zero-order valence-electron chi connectivity index (χ0n) is 13.8. The van der Waals surface area contributed by atoms with Gasteiger partial charge in [0.2, 0.25) is 5.91 Å². The molecule has 0 bridgehead atoms. The van der Waals surface area contributed by atoms with Crippen LogP contribution in [-0.4, -0.2) is 16.9 Å². The zero-order chi connectivity index (χ0) is 17.6. The molecule has 5 nitrogen and oxygen atoms in total. The van der Waals surface area contributed by atoms with Gasteiger partial charge in [0, 0.05) is 6.92 Å². The number of thiazole rings is 1. The summed E-state index contributed by atoms with van der Waals surface area (Å²) in [5.41, 5.74) is 1.77. The minimum Gasteiger partial charge on any atom is -0.458 e. The highest BCUT2D eigenvalue weighted by Crippen LogP contribution is 2.23. The Hall–Kier alpha value is -2.73. The number of fused-ring (bicyclic) bond motifs is 1. The smallest absolute Gasteiger partial charge is 0.308 e. The fourth-order valence-electron chi connectivity index (χ4n) is 2.53. The van der Waals surface area contributed by atoms with Crippen molar-refractivity contribution in [2.75, 3.05) is 0 Å². The van der Waals surface area contributed by atoms with Gasteiger partial charge in [-0.2, -0.15) is 0 Å². The average Bonchev–Trinajstić information content (AvgIpc) is 3.03. The Bertz CT molecular complexity index is 844. The number of esters is 1. The van der Waals surface area contributed by atoms with E-state index < -0.39 is 6.04 Å². The van der Waals surface area contributed by atoms with Gasteiger partial charge in [-0.3, -0.25) is 9.59 Å². The first-order valence-electron chi connectivity index (χ1n) is 7.94. The summed E-state index contributed by atoms with van der Waals surface area (Å²) in [5, 5.41) is 3.55. The molecule has 1 amide bonds. The number of para-hydroxylation sites is 1. The first-order valence-corrected chi connectivity index (χ1v) is 8.75. The second-order valence-electron chi connectivity index (χ2n) is 5.60. The highest BCUT2D eigenvalue weighted by atomic mass is 32.1. The molecule has 0 radical (unpaired) electrons. The summed E-state index contributed by atoms with van der Waals surface area (Å²) in [6.07, 6.45) is 0.0779. The number of benzene rings is 2. The molecule has 2 aromatic carbocycles. The minimum atomic E-state index is -0.401. The summed E-state index contributed by atoms with van der Waals surface area (Å²) in [5.74, 6) is -0.560. The highest BCUT2D eigenvalue weighted by molar-refractivity contribution is 7.18. The number of carbonyl (C=O) groups is 2. The van der Waals surface area contributed by atoms with Crippen LogP contribution in [0.2, 0.25) is 0 Å². The van der Waals surface area contributed by atoms with Gasteiger partial charge in [0.15, 0.2) is 0 Å². The molecule has 0 fully saturated rings. The van der Waals surface area contributed by atoms with Crippen molar-refractivity contribution in [3.8, 4) is 0 Å². The quantitative estimate of drug-likeness (QED) is 0.687. The number of nitrogens with zero attached hydrogens (tertiary/aromatic N) is 1. The van der Waals surface area contributed by atoms with Gasteiger partial charge in [-0.1, -0.05) is 42.5 Å². The van der Waals surface area contributed by atoms with E-state index in [1.54, 1.807) is 0 Å². The normalized spacial score (nSPS) is 11.9. The third-order valence-electron chi connectivity index (χ3n) is 3.65. The first-order chi connectivity index (χ1) is 12.1. The van der Waals surface area contributed by atoms with E-state index in [0.29, 0.717) is 0 Å². The number of hydrogen-bond acceptors (Lipinski definition) is 5. The summed E-state index contributed by atoms with van der Waals surface area (Å²) >= 11 is 1.51. The van der Waals surface area contributed by atoms with Crippen molar-refractivity contribution in [1.29, 1.82) is 0 Å². The van der Waals surface area contributed by atoms with Crippen LogP contribution in [0.15, 0.2) is 54.6 Å². The highest BCUT2D eigenvalue weighted by Gasteiger charge is 2.18. The number of rotatable bonds is 6. The lowest BCUT2D eigenvalue weighted by Gasteiger charge is -2.17. The van der Waals surface area contributed by atoms with Gasteiger partial charge in [0.05, 0.1) is 22.7 Å². The largest absolute Gasteiger partial charge is 0.458 e. The Balaban J connectivity index is 1.62. The van der Waals surface area contributed by atoms with Crippen LogP contribution in [-0.2, 0) is 20.9 Å². The van der Waals surface area contributed by atoms with Gasteiger partial charge in [-0.15, -0.1) is 11.3 Å². The maximum atomic E-state index is 12.2. The van der Waals surface area contributed by atoms with Crippen molar-refractivity contribution in [2.24, 2.45) is 0 Å². The number of aromatic nitrogens is 1. The first kappa shape index (κ1) is 17.1. The molecule has 1 atom stereocenters. The predicted molar refractivity (Wildman–Crippen MR) is 97.0 cm³/mol. The third kappa shape index (κ3) is 4.64. The Morgan fingerprint density at radius 3 is 2.56 bits per heavy atom. The van der Waals surface area contributed by atoms with E-state index in [9.17, 15) is 9.59 Å². The van der Waals surface area contributed by atoms with Crippen molar-refractivity contribution in [3.05, 3.63) is 65.2 Å². The van der Waals surface area contributed by atoms with E-state index in [1.165, 1.54) is 18.3 Å². The van der Waals surface area contributed by atoms with Crippen molar-refractivity contribution in [1.82, 2.24) is 10.3 Å². The van der Waals surface area contributed by atoms with Gasteiger partial charge in [-0.25, -0.2) is 4.98 Å². The molecule has 6 heteroatoms. The van der Waals surface area contributed by atoms with Crippen molar-refractivity contribution >= 4 is 33.4 Å². The number of ether oxygens (including phenoxy) is 1. The second-order valence-corrected chi connectivity index (χ2v) is 6.72. The molecule has 1 aromatic heterocycles. The van der Waals surface area contributed by atoms with Crippen molar-refractivity contribution in [2.45, 2.75) is 26.0 Å². The van der Waals surface area contributed by atoms with Gasteiger partial charge < -0.3 is 10.1 Å². The molecular formula is C19H18N2O3S. The van der Waals surface area contributed by atoms with Gasteiger partial charge >= 0.3 is 5.97 Å². The molecule has 25 heavy (non-hydrogen) atoms. The monoisotopic (exact) mass is 354 g/mol. The molecule has 0 saturated carbocycles. The molecule has 0 aliphatic carbocycles. The van der Waals surface area contributed by atoms with Crippen LogP contribution < -0.4 is 5.32 Å². The van der Waals surface area contributed by atoms with Crippen LogP contribution in [0.1, 0.15) is 30.0 Å². The summed E-state index contributed by atoms with van der Waals surface area (Å²) in [6, 6.07) is 16.8. The second kappa shape index (κ2) is 7.90. The summed E-state index contributed by atoms with van der Waals surface area (Å²) < 4.78 is 6.41. The van der Waals surface area contributed by atoms with Gasteiger partial charge in [0.25, 0.3) is 0 Å². The van der Waals surface area contributed by atoms with Crippen LogP contribution in [0.3, 0.4) is 0 Å². The minimum absolute atomic E-state index is 0.0779. The molecule has 0 spiro atoms. The Kier molecular flexibility index (Phi) is 5.40. The lowest BCUT2D eigenvalue weighted by atomic mass is 10.0.